The van der Waals surface area contributed by atoms with Crippen molar-refractivity contribution in [2.24, 2.45) is 0 Å². The first-order valence-electron chi connectivity index (χ1n) is 4.05. The predicted molar refractivity (Wildman–Crippen MR) is 58.5 cm³/mol. The first-order valence-corrected chi connectivity index (χ1v) is 7.83. The van der Waals surface area contributed by atoms with Gasteiger partial charge in [-0.15, -0.1) is 12.1 Å². The van der Waals surface area contributed by atoms with Crippen LogP contribution in [0.15, 0.2) is 30.3 Å². The van der Waals surface area contributed by atoms with Crippen LogP contribution in [0.25, 0.3) is 0 Å². The van der Waals surface area contributed by atoms with Crippen LogP contribution in [0.4, 0.5) is 0 Å². The van der Waals surface area contributed by atoms with Gasteiger partial charge in [0.25, 0.3) is 0 Å². The molecule has 0 atom stereocenters. The topological polar surface area (TPSA) is 68.3 Å². The number of hydrogen-bond donors (Lipinski definition) is 0. The molecule has 0 amide bonds. The van der Waals surface area contributed by atoms with Crippen LogP contribution in [0, 0.1) is 4.58 Å². The summed E-state index contributed by atoms with van der Waals surface area (Å²) in [5.41, 5.74) is 0.197. The van der Waals surface area contributed by atoms with E-state index >= 15 is 0 Å². The van der Waals surface area contributed by atoms with Crippen LogP contribution < -0.4 is 0 Å². The molecule has 15 heavy (non-hydrogen) atoms. The molecule has 4 nitrogen and oxygen atoms in total. The molecule has 0 aliphatic heterocycles. The van der Waals surface area contributed by atoms with Crippen LogP contribution in [0.5, 0.6) is 0 Å². The summed E-state index contributed by atoms with van der Waals surface area (Å²) in [6.45, 7) is 0. The average molecular weight is 247 g/mol. The van der Waals surface area contributed by atoms with E-state index in [2.05, 4.69) is 0 Å². The number of benzene rings is 1. The minimum Gasteiger partial charge on any atom is -0.236 e. The van der Waals surface area contributed by atoms with Crippen LogP contribution in [-0.2, 0) is 19.7 Å². The lowest BCUT2D eigenvalue weighted by molar-refractivity contribution is 0.596. The molecule has 1 rings (SSSR count). The molecule has 0 aliphatic rings. The second-order valence-electron chi connectivity index (χ2n) is 3.20. The minimum atomic E-state index is -3.75. The maximum Gasteiger partial charge on any atom is 0.141 e. The van der Waals surface area contributed by atoms with E-state index in [1.807, 2.05) is 0 Å². The zero-order valence-electron chi connectivity index (χ0n) is 8.34. The highest BCUT2D eigenvalue weighted by Crippen LogP contribution is 2.25. The lowest BCUT2D eigenvalue weighted by atomic mass is 10.2. The molecule has 1 aromatic carbocycles. The molecule has 0 spiro atoms. The highest BCUT2D eigenvalue weighted by Gasteiger charge is 2.25. The van der Waals surface area contributed by atoms with E-state index < -0.39 is 24.3 Å². The van der Waals surface area contributed by atoms with Gasteiger partial charge in [-0.2, -0.15) is 17.7 Å². The summed E-state index contributed by atoms with van der Waals surface area (Å²) in [5, 5.41) is 0. The molecule has 0 fully saturated rings. The van der Waals surface area contributed by atoms with Crippen molar-refractivity contribution in [3.63, 3.8) is 0 Å². The molecular formula is C9H11O4S2-. The van der Waals surface area contributed by atoms with Gasteiger partial charge in [0.2, 0.25) is 0 Å². The van der Waals surface area contributed by atoms with Crippen molar-refractivity contribution in [3.8, 4) is 0 Å². The summed E-state index contributed by atoms with van der Waals surface area (Å²) >= 11 is 0. The predicted octanol–water partition coefficient (Wildman–Crippen LogP) is 0.613. The number of rotatable bonds is 3. The number of hydrogen-bond acceptors (Lipinski definition) is 4. The Morgan fingerprint density at radius 1 is 0.867 bits per heavy atom. The quantitative estimate of drug-likeness (QED) is 0.734. The van der Waals surface area contributed by atoms with Crippen molar-refractivity contribution < 1.29 is 16.8 Å². The zero-order chi connectivity index (χ0) is 11.7. The van der Waals surface area contributed by atoms with Gasteiger partial charge in [-0.05, 0) is 0 Å². The van der Waals surface area contributed by atoms with Crippen molar-refractivity contribution >= 4 is 19.7 Å². The maximum absolute atomic E-state index is 11.4. The highest BCUT2D eigenvalue weighted by atomic mass is 32.3. The monoisotopic (exact) mass is 247 g/mol. The normalized spacial score (nSPS) is 12.4. The number of sulfone groups is 2. The maximum atomic E-state index is 11.4. The fourth-order valence-electron chi connectivity index (χ4n) is 1.28. The van der Waals surface area contributed by atoms with Gasteiger partial charge < -0.3 is 0 Å². The largest absolute Gasteiger partial charge is 0.236 e. The Balaban J connectivity index is 3.41. The van der Waals surface area contributed by atoms with E-state index in [1.54, 1.807) is 18.2 Å². The molecule has 0 saturated carbocycles. The Morgan fingerprint density at radius 3 is 1.60 bits per heavy atom. The fraction of sp³-hybridized carbons (Fsp3) is 0.222. The van der Waals surface area contributed by atoms with E-state index in [-0.39, 0.29) is 5.56 Å². The molecule has 6 heteroatoms. The van der Waals surface area contributed by atoms with Gasteiger partial charge in [0.15, 0.2) is 0 Å². The van der Waals surface area contributed by atoms with Crippen molar-refractivity contribution in [1.29, 1.82) is 0 Å². The summed E-state index contributed by atoms with van der Waals surface area (Å²) in [5.74, 6) is 0. The Kier molecular flexibility index (Phi) is 3.11. The average Bonchev–Trinajstić information content (AvgIpc) is 2.00. The smallest absolute Gasteiger partial charge is 0.141 e. The molecule has 0 bridgehead atoms. The van der Waals surface area contributed by atoms with Crippen molar-refractivity contribution in [3.05, 3.63) is 40.5 Å². The molecule has 0 aliphatic carbocycles. The minimum absolute atomic E-state index is 0.197. The van der Waals surface area contributed by atoms with Crippen molar-refractivity contribution in [2.45, 2.75) is 0 Å². The van der Waals surface area contributed by atoms with Gasteiger partial charge in [0.05, 0.1) is 4.58 Å². The third kappa shape index (κ3) is 2.97. The first kappa shape index (κ1) is 12.1. The molecular weight excluding hydrogens is 236 g/mol. The van der Waals surface area contributed by atoms with Crippen LogP contribution in [0.3, 0.4) is 0 Å². The van der Waals surface area contributed by atoms with E-state index in [1.165, 1.54) is 12.1 Å². The summed E-state index contributed by atoms with van der Waals surface area (Å²) in [7, 11) is -7.49. The fourth-order valence-corrected chi connectivity index (χ4v) is 4.61. The SMILES string of the molecule is CS(=O)(=O)[C-](c1ccccc1)S(C)(=O)=O. The van der Waals surface area contributed by atoms with Crippen LogP contribution in [0.2, 0.25) is 0 Å². The van der Waals surface area contributed by atoms with E-state index in [0.717, 1.165) is 12.5 Å². The molecule has 0 aromatic heterocycles. The van der Waals surface area contributed by atoms with Crippen LogP contribution in [-0.4, -0.2) is 29.3 Å². The van der Waals surface area contributed by atoms with Crippen molar-refractivity contribution in [2.75, 3.05) is 12.5 Å². The van der Waals surface area contributed by atoms with Gasteiger partial charge >= 0.3 is 0 Å². The van der Waals surface area contributed by atoms with Crippen molar-refractivity contribution in [1.82, 2.24) is 0 Å². The Bertz CT molecular complexity index is 497. The molecule has 0 unspecified atom stereocenters. The van der Waals surface area contributed by atoms with Gasteiger partial charge in [-0.25, -0.2) is 16.8 Å². The Hall–Kier alpha value is -1.01. The summed E-state index contributed by atoms with van der Waals surface area (Å²) in [6.07, 6.45) is 1.77. The third-order valence-corrected chi connectivity index (χ3v) is 5.32. The molecule has 1 aromatic rings. The second kappa shape index (κ2) is 3.86. The Morgan fingerprint density at radius 2 is 1.27 bits per heavy atom. The molecule has 0 heterocycles. The lowest BCUT2D eigenvalue weighted by Crippen LogP contribution is -2.21. The van der Waals surface area contributed by atoms with E-state index in [4.69, 9.17) is 0 Å². The van der Waals surface area contributed by atoms with Gasteiger partial charge in [0.1, 0.15) is 19.7 Å². The first-order chi connectivity index (χ1) is 6.73. The molecule has 0 radical (unpaired) electrons. The summed E-state index contributed by atoms with van der Waals surface area (Å²) < 4.78 is 44.9. The molecule has 84 valence electrons. The third-order valence-electron chi connectivity index (χ3n) is 1.68. The summed E-state index contributed by atoms with van der Waals surface area (Å²) in [6, 6.07) is 7.78. The van der Waals surface area contributed by atoms with Crippen LogP contribution >= 0.6 is 0 Å². The molecule has 0 saturated heterocycles. The van der Waals surface area contributed by atoms with E-state index in [0.29, 0.717) is 0 Å². The van der Waals surface area contributed by atoms with Gasteiger partial charge in [-0.3, -0.25) is 0 Å². The molecule has 0 N–H and O–H groups in total. The van der Waals surface area contributed by atoms with Gasteiger partial charge in [-0.1, -0.05) is 6.07 Å². The second-order valence-corrected chi connectivity index (χ2v) is 7.36. The highest BCUT2D eigenvalue weighted by molar-refractivity contribution is 8.12. The Labute approximate surface area is 89.8 Å². The lowest BCUT2D eigenvalue weighted by Gasteiger charge is -2.20. The summed E-state index contributed by atoms with van der Waals surface area (Å²) in [4.78, 5) is 0. The van der Waals surface area contributed by atoms with E-state index in [9.17, 15) is 16.8 Å². The van der Waals surface area contributed by atoms with Gasteiger partial charge in [0, 0.05) is 12.5 Å². The standard InChI is InChI=1S/C9H11O4S2/c1-14(10,11)9(15(2,12)13)8-6-4-3-5-7-8/h3-7H,1-2H3/q-1. The zero-order valence-corrected chi connectivity index (χ0v) is 9.97. The van der Waals surface area contributed by atoms with Crippen LogP contribution in [0.1, 0.15) is 5.56 Å².